The Bertz CT molecular complexity index is 928. The van der Waals surface area contributed by atoms with Crippen LogP contribution in [0, 0.1) is 11.8 Å². The lowest BCUT2D eigenvalue weighted by Gasteiger charge is -2.30. The van der Waals surface area contributed by atoms with Crippen molar-refractivity contribution in [2.75, 3.05) is 0 Å². The molecule has 1 heterocycles. The quantitative estimate of drug-likeness (QED) is 0.815. The third kappa shape index (κ3) is 3.87. The Morgan fingerprint density at radius 2 is 1.89 bits per heavy atom. The van der Waals surface area contributed by atoms with Crippen LogP contribution in [0.2, 0.25) is 0 Å². The number of carbonyl (C=O) groups is 1. The van der Waals surface area contributed by atoms with Crippen LogP contribution in [0.1, 0.15) is 31.7 Å². The number of Topliss-reactive ketones (excluding diaryl/α,β-unsaturated/α-hetero) is 1. The van der Waals surface area contributed by atoms with Gasteiger partial charge in [0.1, 0.15) is 17.3 Å². The molecule has 3 unspecified atom stereocenters. The van der Waals surface area contributed by atoms with Gasteiger partial charge in [0.05, 0.1) is 6.10 Å². The minimum Gasteiger partial charge on any atom is -0.508 e. The van der Waals surface area contributed by atoms with Gasteiger partial charge in [-0.2, -0.15) is 0 Å². The average Bonchev–Trinajstić information content (AvgIpc) is 2.68. The van der Waals surface area contributed by atoms with E-state index in [1.807, 2.05) is 24.3 Å². The number of carbonyl (C=O) groups excluding carboxylic acids is 1. The van der Waals surface area contributed by atoms with Gasteiger partial charge in [0.2, 0.25) is 0 Å². The molecule has 4 heteroatoms. The van der Waals surface area contributed by atoms with Gasteiger partial charge >= 0.3 is 0 Å². The predicted molar refractivity (Wildman–Crippen MR) is 108 cm³/mol. The van der Waals surface area contributed by atoms with Crippen molar-refractivity contribution in [1.82, 2.24) is 0 Å². The Morgan fingerprint density at radius 3 is 2.61 bits per heavy atom. The highest BCUT2D eigenvalue weighted by molar-refractivity contribution is 5.98. The molecule has 2 aliphatic carbocycles. The van der Waals surface area contributed by atoms with Gasteiger partial charge in [-0.3, -0.25) is 4.79 Å². The van der Waals surface area contributed by atoms with E-state index < -0.39 is 6.10 Å². The summed E-state index contributed by atoms with van der Waals surface area (Å²) in [5.74, 6) is 2.13. The molecule has 0 radical (unpaired) electrons. The maximum atomic E-state index is 12.8. The Labute approximate surface area is 164 Å². The first-order valence-corrected chi connectivity index (χ1v) is 9.70. The van der Waals surface area contributed by atoms with E-state index in [9.17, 15) is 15.0 Å². The van der Waals surface area contributed by atoms with Crippen molar-refractivity contribution < 1.29 is 19.7 Å². The molecule has 4 rings (SSSR count). The Hall–Kier alpha value is -2.85. The molecule has 0 saturated carbocycles. The summed E-state index contributed by atoms with van der Waals surface area (Å²) in [5.41, 5.74) is 2.59. The van der Waals surface area contributed by atoms with Crippen LogP contribution in [-0.2, 0) is 9.53 Å². The van der Waals surface area contributed by atoms with Crippen molar-refractivity contribution in [3.05, 3.63) is 83.2 Å². The van der Waals surface area contributed by atoms with Crippen molar-refractivity contribution in [3.63, 3.8) is 0 Å². The lowest BCUT2D eigenvalue weighted by molar-refractivity contribution is -0.115. The molecule has 4 nitrogen and oxygen atoms in total. The smallest absolute Gasteiger partial charge is 0.163 e. The second-order valence-corrected chi connectivity index (χ2v) is 7.64. The molecule has 0 saturated heterocycles. The monoisotopic (exact) mass is 376 g/mol. The molecule has 28 heavy (non-hydrogen) atoms. The van der Waals surface area contributed by atoms with Gasteiger partial charge in [0, 0.05) is 23.5 Å². The minimum atomic E-state index is -0.502. The molecule has 0 amide bonds. The first-order valence-electron chi connectivity index (χ1n) is 9.70. The van der Waals surface area contributed by atoms with Crippen molar-refractivity contribution in [1.29, 1.82) is 0 Å². The molecule has 3 aliphatic rings. The zero-order valence-electron chi connectivity index (χ0n) is 15.8. The van der Waals surface area contributed by atoms with Crippen LogP contribution in [0.15, 0.2) is 77.6 Å². The first kappa shape index (κ1) is 18.5. The normalized spacial score (nSPS) is 26.3. The number of ether oxygens (including phenoxy) is 1. The number of aromatic hydroxyl groups is 1. The molecule has 1 aromatic carbocycles. The number of ketones is 1. The Balaban J connectivity index is 1.63. The standard InChI is InChI=1S/C24H24O4/c1-15-2-11-21-18(13-22(27)16-3-7-19(25)8-4-16)14-23(28-24(21)12-15)17-5-9-20(26)10-6-17/h3-7,9-12,14-15,18-19,25-26H,2,8,13H2,1H3. The van der Waals surface area contributed by atoms with Crippen LogP contribution < -0.4 is 0 Å². The van der Waals surface area contributed by atoms with Gasteiger partial charge in [-0.15, -0.1) is 0 Å². The number of phenols is 1. The van der Waals surface area contributed by atoms with Gasteiger partial charge in [-0.05, 0) is 60.8 Å². The average molecular weight is 376 g/mol. The fourth-order valence-electron chi connectivity index (χ4n) is 3.77. The van der Waals surface area contributed by atoms with E-state index in [1.54, 1.807) is 24.3 Å². The van der Waals surface area contributed by atoms with Gasteiger partial charge < -0.3 is 14.9 Å². The van der Waals surface area contributed by atoms with E-state index in [0.29, 0.717) is 30.1 Å². The number of phenolic OH excluding ortho intramolecular Hbond substituents is 1. The second-order valence-electron chi connectivity index (χ2n) is 7.64. The highest BCUT2D eigenvalue weighted by atomic mass is 16.5. The van der Waals surface area contributed by atoms with Crippen LogP contribution in [0.4, 0.5) is 0 Å². The number of aliphatic hydroxyl groups excluding tert-OH is 1. The summed E-state index contributed by atoms with van der Waals surface area (Å²) in [5, 5.41) is 19.1. The summed E-state index contributed by atoms with van der Waals surface area (Å²) in [7, 11) is 0. The number of rotatable bonds is 4. The van der Waals surface area contributed by atoms with Crippen molar-refractivity contribution in [2.45, 2.75) is 32.3 Å². The molecule has 0 spiro atoms. The number of aliphatic hydroxyl groups is 1. The van der Waals surface area contributed by atoms with Gasteiger partial charge in [0.25, 0.3) is 0 Å². The van der Waals surface area contributed by atoms with Crippen LogP contribution in [0.5, 0.6) is 5.75 Å². The van der Waals surface area contributed by atoms with E-state index in [4.69, 9.17) is 4.74 Å². The van der Waals surface area contributed by atoms with Crippen LogP contribution in [0.25, 0.3) is 5.76 Å². The molecule has 2 N–H and O–H groups in total. The highest BCUT2D eigenvalue weighted by Crippen LogP contribution is 2.40. The maximum absolute atomic E-state index is 12.8. The van der Waals surface area contributed by atoms with E-state index in [2.05, 4.69) is 19.1 Å². The van der Waals surface area contributed by atoms with Crippen LogP contribution >= 0.6 is 0 Å². The number of benzene rings is 1. The van der Waals surface area contributed by atoms with Gasteiger partial charge in [-0.25, -0.2) is 0 Å². The number of hydrogen-bond donors (Lipinski definition) is 2. The summed E-state index contributed by atoms with van der Waals surface area (Å²) in [6, 6.07) is 6.89. The predicted octanol–water partition coefficient (Wildman–Crippen LogP) is 4.44. The van der Waals surface area contributed by atoms with Crippen LogP contribution in [0.3, 0.4) is 0 Å². The topological polar surface area (TPSA) is 66.8 Å². The third-order valence-electron chi connectivity index (χ3n) is 5.36. The lowest BCUT2D eigenvalue weighted by atomic mass is 9.82. The molecule has 0 aromatic heterocycles. The molecular formula is C24H24O4. The van der Waals surface area contributed by atoms with Crippen molar-refractivity contribution in [3.8, 4) is 5.75 Å². The largest absolute Gasteiger partial charge is 0.508 e. The van der Waals surface area contributed by atoms with Crippen LogP contribution in [-0.4, -0.2) is 22.1 Å². The summed E-state index contributed by atoms with van der Waals surface area (Å²) >= 11 is 0. The maximum Gasteiger partial charge on any atom is 0.163 e. The first-order chi connectivity index (χ1) is 13.5. The Morgan fingerprint density at radius 1 is 1.11 bits per heavy atom. The van der Waals surface area contributed by atoms with E-state index in [-0.39, 0.29) is 17.5 Å². The SMILES string of the molecule is CC1C=C2OC(c3ccc(O)cc3)=CC(CC(=O)C3=CCC(O)C=C3)C2=CC1. The molecule has 3 atom stereocenters. The van der Waals surface area contributed by atoms with E-state index in [1.165, 1.54) is 0 Å². The summed E-state index contributed by atoms with van der Waals surface area (Å²) in [6.45, 7) is 2.14. The summed E-state index contributed by atoms with van der Waals surface area (Å²) < 4.78 is 6.16. The molecular weight excluding hydrogens is 352 g/mol. The fraction of sp³-hybridized carbons (Fsp3) is 0.292. The molecule has 0 fully saturated rings. The lowest BCUT2D eigenvalue weighted by Crippen LogP contribution is -2.20. The number of allylic oxidation sites excluding steroid dienone is 6. The molecule has 1 aliphatic heterocycles. The van der Waals surface area contributed by atoms with Gasteiger partial charge in [0.15, 0.2) is 5.78 Å². The van der Waals surface area contributed by atoms with E-state index >= 15 is 0 Å². The van der Waals surface area contributed by atoms with Gasteiger partial charge in [-0.1, -0.05) is 31.2 Å². The highest BCUT2D eigenvalue weighted by Gasteiger charge is 2.30. The van der Waals surface area contributed by atoms with Crippen molar-refractivity contribution in [2.24, 2.45) is 11.8 Å². The molecule has 0 bridgehead atoms. The fourth-order valence-corrected chi connectivity index (χ4v) is 3.77. The second kappa shape index (κ2) is 7.64. The third-order valence-corrected chi connectivity index (χ3v) is 5.36. The Kier molecular flexibility index (Phi) is 5.05. The zero-order valence-corrected chi connectivity index (χ0v) is 15.8. The zero-order chi connectivity index (χ0) is 19.7. The molecule has 144 valence electrons. The van der Waals surface area contributed by atoms with E-state index in [0.717, 1.165) is 23.3 Å². The minimum absolute atomic E-state index is 0.0649. The number of fused-ring (bicyclic) bond motifs is 1. The molecule has 1 aromatic rings. The summed E-state index contributed by atoms with van der Waals surface area (Å²) in [6.07, 6.45) is 12.8. The summed E-state index contributed by atoms with van der Waals surface area (Å²) in [4.78, 5) is 12.8. The van der Waals surface area contributed by atoms with Crippen molar-refractivity contribution >= 4 is 11.5 Å². The number of hydrogen-bond acceptors (Lipinski definition) is 4.